The summed E-state index contributed by atoms with van der Waals surface area (Å²) in [6.07, 6.45) is 5.56. The van der Waals surface area contributed by atoms with Crippen molar-refractivity contribution in [3.8, 4) is 0 Å². The van der Waals surface area contributed by atoms with Crippen LogP contribution in [-0.2, 0) is 6.42 Å². The van der Waals surface area contributed by atoms with Gasteiger partial charge in [-0.1, -0.05) is 0 Å². The molecule has 0 spiro atoms. The van der Waals surface area contributed by atoms with E-state index in [1.807, 2.05) is 12.3 Å². The van der Waals surface area contributed by atoms with Crippen molar-refractivity contribution >= 4 is 17.7 Å². The van der Waals surface area contributed by atoms with E-state index in [4.69, 9.17) is 0 Å². The first-order valence-electron chi connectivity index (χ1n) is 4.72. The molecule has 0 radical (unpaired) electrons. The summed E-state index contributed by atoms with van der Waals surface area (Å²) in [6.45, 7) is 2.23. The van der Waals surface area contributed by atoms with Gasteiger partial charge in [0.05, 0.1) is 0 Å². The van der Waals surface area contributed by atoms with Crippen LogP contribution in [0.1, 0.15) is 25.5 Å². The predicted octanol–water partition coefficient (Wildman–Crippen LogP) is 2.38. The normalized spacial score (nSPS) is 12.9. The maximum atomic E-state index is 4.30. The summed E-state index contributed by atoms with van der Waals surface area (Å²) in [7, 11) is 0. The summed E-state index contributed by atoms with van der Waals surface area (Å²) >= 11 is 2.29. The van der Waals surface area contributed by atoms with Crippen molar-refractivity contribution in [1.29, 1.82) is 0 Å². The molecule has 0 fully saturated rings. The molecule has 1 atom stereocenters. The molecule has 0 saturated carbocycles. The van der Waals surface area contributed by atoms with Crippen LogP contribution in [0, 0.1) is 0 Å². The van der Waals surface area contributed by atoms with Crippen molar-refractivity contribution in [2.45, 2.75) is 30.8 Å². The van der Waals surface area contributed by atoms with Gasteiger partial charge in [0.2, 0.25) is 0 Å². The average molecular weight is 155 g/mol. The van der Waals surface area contributed by atoms with Crippen molar-refractivity contribution in [2.24, 2.45) is 0 Å². The molecular formula is C10H14LiN. The molecule has 1 rings (SSSR count). The first kappa shape index (κ1) is 9.83. The second kappa shape index (κ2) is 5.40. The van der Waals surface area contributed by atoms with Crippen molar-refractivity contribution in [1.82, 2.24) is 4.98 Å². The van der Waals surface area contributed by atoms with Gasteiger partial charge in [-0.15, -0.1) is 0 Å². The van der Waals surface area contributed by atoms with E-state index in [9.17, 15) is 0 Å². The van der Waals surface area contributed by atoms with Crippen molar-refractivity contribution in [3.63, 3.8) is 0 Å². The second-order valence-corrected chi connectivity index (χ2v) is 3.42. The number of pyridine rings is 1. The quantitative estimate of drug-likeness (QED) is 0.608. The van der Waals surface area contributed by atoms with Crippen LogP contribution in [0.2, 0.25) is 4.59 Å². The Morgan fingerprint density at radius 1 is 1.50 bits per heavy atom. The fourth-order valence-corrected chi connectivity index (χ4v) is 1.47. The van der Waals surface area contributed by atoms with Gasteiger partial charge in [-0.25, -0.2) is 0 Å². The minimum atomic E-state index is 0.768. The van der Waals surface area contributed by atoms with Gasteiger partial charge in [0.25, 0.3) is 0 Å². The standard InChI is InChI=1S/C10H14N.Li/c1-2-3-4-7-10-8-5-6-9-11-10;/h4-6,8-9H,2-3,7H2,1H3;. The summed E-state index contributed by atoms with van der Waals surface area (Å²) < 4.78 is 0.768. The third kappa shape index (κ3) is 3.43. The number of hydrogen-bond acceptors (Lipinski definition) is 1. The molecule has 0 aliphatic heterocycles. The Bertz CT molecular complexity index is 210. The zero-order valence-electron chi connectivity index (χ0n) is 7.96. The Labute approximate surface area is 83.8 Å². The Balaban J connectivity index is 2.41. The molecule has 0 N–H and O–H groups in total. The summed E-state index contributed by atoms with van der Waals surface area (Å²) in [4.78, 5) is 4.30. The van der Waals surface area contributed by atoms with Crippen LogP contribution in [-0.4, -0.2) is 22.7 Å². The van der Waals surface area contributed by atoms with E-state index in [0.717, 1.165) is 11.0 Å². The van der Waals surface area contributed by atoms with Crippen LogP contribution in [0.25, 0.3) is 0 Å². The van der Waals surface area contributed by atoms with E-state index in [1.165, 1.54) is 18.5 Å². The monoisotopic (exact) mass is 155 g/mol. The zero-order valence-corrected chi connectivity index (χ0v) is 7.96. The number of hydrogen-bond donors (Lipinski definition) is 0. The summed E-state index contributed by atoms with van der Waals surface area (Å²) in [5.41, 5.74) is 1.22. The van der Waals surface area contributed by atoms with Gasteiger partial charge in [-0.05, 0) is 0 Å². The minimum absolute atomic E-state index is 0.768. The van der Waals surface area contributed by atoms with Gasteiger partial charge in [0, 0.05) is 0 Å². The van der Waals surface area contributed by atoms with Gasteiger partial charge in [-0.2, -0.15) is 0 Å². The van der Waals surface area contributed by atoms with Gasteiger partial charge < -0.3 is 0 Å². The molecule has 1 aromatic heterocycles. The van der Waals surface area contributed by atoms with Crippen LogP contribution >= 0.6 is 0 Å². The first-order valence-corrected chi connectivity index (χ1v) is 4.72. The molecule has 12 heavy (non-hydrogen) atoms. The zero-order chi connectivity index (χ0) is 8.81. The molecular weight excluding hydrogens is 141 g/mol. The Kier molecular flexibility index (Phi) is 4.43. The van der Waals surface area contributed by atoms with Crippen LogP contribution in [0.15, 0.2) is 24.4 Å². The molecule has 2 heteroatoms. The van der Waals surface area contributed by atoms with Crippen LogP contribution in [0.3, 0.4) is 0 Å². The van der Waals surface area contributed by atoms with E-state index in [-0.39, 0.29) is 0 Å². The van der Waals surface area contributed by atoms with E-state index in [0.29, 0.717) is 0 Å². The third-order valence-corrected chi connectivity index (χ3v) is 2.07. The van der Waals surface area contributed by atoms with Crippen molar-refractivity contribution in [2.75, 3.05) is 0 Å². The first-order chi connectivity index (χ1) is 5.83. The summed E-state index contributed by atoms with van der Waals surface area (Å²) in [6, 6.07) is 6.13. The van der Waals surface area contributed by atoms with Crippen LogP contribution < -0.4 is 0 Å². The van der Waals surface area contributed by atoms with Gasteiger partial charge in [0.15, 0.2) is 0 Å². The summed E-state index contributed by atoms with van der Waals surface area (Å²) in [5.74, 6) is 0. The van der Waals surface area contributed by atoms with Gasteiger partial charge in [-0.3, -0.25) is 0 Å². The van der Waals surface area contributed by atoms with Gasteiger partial charge >= 0.3 is 83.6 Å². The molecule has 0 aliphatic rings. The van der Waals surface area contributed by atoms with E-state index in [1.54, 1.807) is 0 Å². The number of aromatic nitrogens is 1. The van der Waals surface area contributed by atoms with Crippen LogP contribution in [0.4, 0.5) is 0 Å². The fourth-order valence-electron chi connectivity index (χ4n) is 1.47. The Morgan fingerprint density at radius 3 is 2.92 bits per heavy atom. The molecule has 0 bridgehead atoms. The molecule has 0 saturated heterocycles. The molecule has 1 aromatic rings. The van der Waals surface area contributed by atoms with Crippen molar-refractivity contribution < 1.29 is 0 Å². The maximum absolute atomic E-state index is 4.30. The Morgan fingerprint density at radius 2 is 2.33 bits per heavy atom. The molecule has 60 valence electrons. The summed E-state index contributed by atoms with van der Waals surface area (Å²) in [5, 5.41) is 0. The molecule has 1 heterocycles. The van der Waals surface area contributed by atoms with E-state index < -0.39 is 0 Å². The second-order valence-electron chi connectivity index (χ2n) is 3.42. The SMILES string of the molecule is [Li][CH](CCC)Cc1ccccn1. The van der Waals surface area contributed by atoms with E-state index >= 15 is 0 Å². The number of nitrogens with zero attached hydrogens (tertiary/aromatic N) is 1. The molecule has 0 amide bonds. The average Bonchev–Trinajstić information content (AvgIpc) is 2.06. The van der Waals surface area contributed by atoms with Crippen LogP contribution in [0.5, 0.6) is 0 Å². The van der Waals surface area contributed by atoms with Crippen molar-refractivity contribution in [3.05, 3.63) is 30.1 Å². The molecule has 0 aliphatic carbocycles. The topological polar surface area (TPSA) is 12.9 Å². The fraction of sp³-hybridized carbons (Fsp3) is 0.500. The van der Waals surface area contributed by atoms with Gasteiger partial charge in [0.1, 0.15) is 0 Å². The molecule has 0 aromatic carbocycles. The molecule has 1 nitrogen and oxygen atoms in total. The Hall–Kier alpha value is -0.253. The molecule has 1 unspecified atom stereocenters. The predicted molar refractivity (Wildman–Crippen MR) is 52.4 cm³/mol. The number of rotatable bonds is 4. The third-order valence-electron chi connectivity index (χ3n) is 2.07. The van der Waals surface area contributed by atoms with E-state index in [2.05, 4.69) is 41.8 Å².